The van der Waals surface area contributed by atoms with Crippen molar-refractivity contribution in [3.8, 4) is 11.1 Å². The van der Waals surface area contributed by atoms with E-state index in [4.69, 9.17) is 11.6 Å². The summed E-state index contributed by atoms with van der Waals surface area (Å²) in [5, 5.41) is 4.92. The zero-order valence-electron chi connectivity index (χ0n) is 17.9. The maximum absolute atomic E-state index is 15.0. The van der Waals surface area contributed by atoms with Gasteiger partial charge in [0.05, 0.1) is 11.4 Å². The highest BCUT2D eigenvalue weighted by Crippen LogP contribution is 2.36. The van der Waals surface area contributed by atoms with Gasteiger partial charge in [0.15, 0.2) is 11.6 Å². The molecular formula is C24H19ClF3N3O2S. The summed E-state index contributed by atoms with van der Waals surface area (Å²) in [5.41, 5.74) is 0.327. The zero-order valence-corrected chi connectivity index (χ0v) is 19.4. The Morgan fingerprint density at radius 1 is 1.06 bits per heavy atom. The summed E-state index contributed by atoms with van der Waals surface area (Å²) in [7, 11) is 0. The van der Waals surface area contributed by atoms with Crippen molar-refractivity contribution in [3.63, 3.8) is 0 Å². The monoisotopic (exact) mass is 505 g/mol. The summed E-state index contributed by atoms with van der Waals surface area (Å²) < 4.78 is 43.9. The molecule has 1 atom stereocenters. The number of carbonyl (C=O) groups is 2. The van der Waals surface area contributed by atoms with Crippen molar-refractivity contribution in [1.29, 1.82) is 0 Å². The van der Waals surface area contributed by atoms with Crippen molar-refractivity contribution >= 4 is 46.7 Å². The summed E-state index contributed by atoms with van der Waals surface area (Å²) in [5.74, 6) is -3.53. The molecule has 176 valence electrons. The molecule has 1 heterocycles. The quantitative estimate of drug-likeness (QED) is 0.413. The lowest BCUT2D eigenvalue weighted by molar-refractivity contribution is -0.118. The number of halogens is 4. The molecule has 0 aromatic heterocycles. The van der Waals surface area contributed by atoms with Crippen LogP contribution in [0.1, 0.15) is 6.42 Å². The molecule has 10 heteroatoms. The van der Waals surface area contributed by atoms with Crippen LogP contribution in [0.2, 0.25) is 5.02 Å². The van der Waals surface area contributed by atoms with E-state index in [1.54, 1.807) is 12.1 Å². The lowest BCUT2D eigenvalue weighted by atomic mass is 10.0. The van der Waals surface area contributed by atoms with Gasteiger partial charge in [0, 0.05) is 22.0 Å². The smallest absolute Gasteiger partial charge is 0.319 e. The van der Waals surface area contributed by atoms with Gasteiger partial charge in [0.25, 0.3) is 0 Å². The van der Waals surface area contributed by atoms with Gasteiger partial charge in [-0.25, -0.2) is 18.0 Å². The fourth-order valence-corrected chi connectivity index (χ4v) is 4.55. The van der Waals surface area contributed by atoms with Gasteiger partial charge in [-0.2, -0.15) is 0 Å². The van der Waals surface area contributed by atoms with Gasteiger partial charge in [-0.1, -0.05) is 29.8 Å². The molecule has 34 heavy (non-hydrogen) atoms. The van der Waals surface area contributed by atoms with E-state index in [-0.39, 0.29) is 34.9 Å². The highest BCUT2D eigenvalue weighted by atomic mass is 35.5. The molecule has 1 saturated heterocycles. The lowest BCUT2D eigenvalue weighted by Crippen LogP contribution is -2.43. The highest BCUT2D eigenvalue weighted by molar-refractivity contribution is 7.98. The molecule has 0 radical (unpaired) electrons. The molecule has 3 aromatic rings. The predicted molar refractivity (Wildman–Crippen MR) is 128 cm³/mol. The Morgan fingerprint density at radius 2 is 1.82 bits per heavy atom. The first-order valence-corrected chi connectivity index (χ1v) is 11.9. The van der Waals surface area contributed by atoms with Crippen LogP contribution in [-0.2, 0) is 4.79 Å². The first kappa shape index (κ1) is 24.0. The largest absolute Gasteiger partial charge is 0.326 e. The molecule has 1 unspecified atom stereocenters. The van der Waals surface area contributed by atoms with Gasteiger partial charge >= 0.3 is 6.03 Å². The third-order valence-corrected chi connectivity index (χ3v) is 6.47. The van der Waals surface area contributed by atoms with Crippen molar-refractivity contribution in [2.75, 3.05) is 23.0 Å². The molecule has 0 bridgehead atoms. The van der Waals surface area contributed by atoms with Crippen LogP contribution in [0.25, 0.3) is 11.1 Å². The van der Waals surface area contributed by atoms with Crippen molar-refractivity contribution in [1.82, 2.24) is 5.32 Å². The van der Waals surface area contributed by atoms with E-state index in [0.29, 0.717) is 5.56 Å². The van der Waals surface area contributed by atoms with Crippen LogP contribution in [0.4, 0.5) is 29.3 Å². The standard InChI is InChI=1S/C24H19ClF3N3O2S/c1-34-20-5-3-2-4-14(20)15-7-9-19(22(28)21(15)27)31-11-10-18(23(31)32)30-24(33)29-17-8-6-13(25)12-16(17)26/h2-9,12,18H,10-11H2,1H3,(H2,29,30,33). The van der Waals surface area contributed by atoms with Crippen molar-refractivity contribution in [3.05, 3.63) is 77.1 Å². The van der Waals surface area contributed by atoms with Gasteiger partial charge in [0.1, 0.15) is 11.9 Å². The van der Waals surface area contributed by atoms with Gasteiger partial charge in [-0.05, 0) is 54.6 Å². The summed E-state index contributed by atoms with van der Waals surface area (Å²) in [6, 6.07) is 11.8. The number of carbonyl (C=O) groups excluding carboxylic acids is 2. The van der Waals surface area contributed by atoms with Gasteiger partial charge in [0.2, 0.25) is 5.91 Å². The summed E-state index contributed by atoms with van der Waals surface area (Å²) in [6.07, 6.45) is 2.02. The summed E-state index contributed by atoms with van der Waals surface area (Å²) in [4.78, 5) is 27.0. The Bertz CT molecular complexity index is 1270. The maximum Gasteiger partial charge on any atom is 0.319 e. The van der Waals surface area contributed by atoms with E-state index < -0.39 is 35.4 Å². The molecular weight excluding hydrogens is 487 g/mol. The Morgan fingerprint density at radius 3 is 2.56 bits per heavy atom. The number of anilines is 2. The fraction of sp³-hybridized carbons (Fsp3) is 0.167. The molecule has 0 spiro atoms. The van der Waals surface area contributed by atoms with Crippen molar-refractivity contribution < 1.29 is 22.8 Å². The maximum atomic E-state index is 15.0. The van der Waals surface area contributed by atoms with Gasteiger partial charge in [-0.3, -0.25) is 4.79 Å². The first-order chi connectivity index (χ1) is 16.3. The molecule has 1 aliphatic rings. The summed E-state index contributed by atoms with van der Waals surface area (Å²) in [6.45, 7) is 0.0796. The number of benzene rings is 3. The second kappa shape index (κ2) is 9.99. The Labute approximate surface area is 203 Å². The Kier molecular flexibility index (Phi) is 7.04. The highest BCUT2D eigenvalue weighted by Gasteiger charge is 2.36. The van der Waals surface area contributed by atoms with Crippen LogP contribution in [0, 0.1) is 17.5 Å². The van der Waals surface area contributed by atoms with E-state index in [9.17, 15) is 14.0 Å². The SMILES string of the molecule is CSc1ccccc1-c1ccc(N2CCC(NC(=O)Nc3ccc(Cl)cc3F)C2=O)c(F)c1F. The molecule has 5 nitrogen and oxygen atoms in total. The van der Waals surface area contributed by atoms with Crippen LogP contribution in [0.5, 0.6) is 0 Å². The van der Waals surface area contributed by atoms with Crippen LogP contribution in [-0.4, -0.2) is 30.8 Å². The number of rotatable bonds is 5. The van der Waals surface area contributed by atoms with Crippen molar-refractivity contribution in [2.45, 2.75) is 17.4 Å². The Balaban J connectivity index is 1.50. The molecule has 3 aromatic carbocycles. The molecule has 1 fully saturated rings. The third kappa shape index (κ3) is 4.71. The Hall–Kier alpha value is -3.17. The first-order valence-electron chi connectivity index (χ1n) is 10.3. The van der Waals surface area contributed by atoms with E-state index in [0.717, 1.165) is 15.9 Å². The number of thioether (sulfide) groups is 1. The van der Waals surface area contributed by atoms with Crippen LogP contribution in [0.15, 0.2) is 59.5 Å². The number of urea groups is 1. The minimum Gasteiger partial charge on any atom is -0.326 e. The van der Waals surface area contributed by atoms with E-state index in [2.05, 4.69) is 10.6 Å². The fourth-order valence-electron chi connectivity index (χ4n) is 3.78. The van der Waals surface area contributed by atoms with Crippen molar-refractivity contribution in [2.24, 2.45) is 0 Å². The number of hydrogen-bond donors (Lipinski definition) is 2. The predicted octanol–water partition coefficient (Wildman–Crippen LogP) is 6.07. The topological polar surface area (TPSA) is 61.4 Å². The van der Waals surface area contributed by atoms with Crippen LogP contribution in [0.3, 0.4) is 0 Å². The van der Waals surface area contributed by atoms with Crippen LogP contribution < -0.4 is 15.5 Å². The van der Waals surface area contributed by atoms with E-state index in [1.807, 2.05) is 18.4 Å². The number of hydrogen-bond acceptors (Lipinski definition) is 3. The minimum atomic E-state index is -1.14. The van der Waals surface area contributed by atoms with E-state index in [1.165, 1.54) is 36.0 Å². The minimum absolute atomic E-state index is 0.0796. The average molecular weight is 506 g/mol. The number of amides is 3. The third-order valence-electron chi connectivity index (χ3n) is 5.44. The number of nitrogens with zero attached hydrogens (tertiary/aromatic N) is 1. The molecule has 0 aliphatic carbocycles. The normalized spacial score (nSPS) is 15.5. The van der Waals surface area contributed by atoms with Gasteiger partial charge < -0.3 is 15.5 Å². The second-order valence-electron chi connectivity index (χ2n) is 7.51. The van der Waals surface area contributed by atoms with Crippen LogP contribution >= 0.6 is 23.4 Å². The number of nitrogens with one attached hydrogen (secondary N) is 2. The molecule has 4 rings (SSSR count). The second-order valence-corrected chi connectivity index (χ2v) is 8.80. The molecule has 3 amide bonds. The molecule has 0 saturated carbocycles. The van der Waals surface area contributed by atoms with E-state index >= 15 is 8.78 Å². The van der Waals surface area contributed by atoms with Gasteiger partial charge in [-0.15, -0.1) is 11.8 Å². The summed E-state index contributed by atoms with van der Waals surface area (Å²) >= 11 is 7.10. The molecule has 1 aliphatic heterocycles. The average Bonchev–Trinajstić information content (AvgIpc) is 3.17. The lowest BCUT2D eigenvalue weighted by Gasteiger charge is -2.19. The zero-order chi connectivity index (χ0) is 24.4. The molecule has 2 N–H and O–H groups in total.